The van der Waals surface area contributed by atoms with Gasteiger partial charge in [-0.1, -0.05) is 30.3 Å². The van der Waals surface area contributed by atoms with Crippen molar-refractivity contribution in [2.24, 2.45) is 0 Å². The van der Waals surface area contributed by atoms with Crippen LogP contribution in [-0.2, 0) is 6.42 Å². The summed E-state index contributed by atoms with van der Waals surface area (Å²) in [6.07, 6.45) is 0.875. The fraction of sp³-hybridized carbons (Fsp3) is 0.190. The number of amides is 1. The Kier molecular flexibility index (Phi) is 4.13. The summed E-state index contributed by atoms with van der Waals surface area (Å²) in [4.78, 5) is 23.7. The quantitative estimate of drug-likeness (QED) is 0.779. The molecule has 0 unspecified atom stereocenters. The predicted octanol–water partition coefficient (Wildman–Crippen LogP) is 4.04. The minimum atomic E-state index is -0.0901. The van der Waals surface area contributed by atoms with E-state index in [0.717, 1.165) is 29.1 Å². The Balaban J connectivity index is 1.63. The molecule has 1 aromatic heterocycles. The second-order valence-corrected chi connectivity index (χ2v) is 6.55. The molecule has 0 radical (unpaired) electrons. The Hall–Kier alpha value is -3.21. The summed E-state index contributed by atoms with van der Waals surface area (Å²) in [7, 11) is 0. The lowest BCUT2D eigenvalue weighted by Gasteiger charge is -2.17. The van der Waals surface area contributed by atoms with E-state index in [9.17, 15) is 4.79 Å². The molecule has 0 aliphatic carbocycles. The van der Waals surface area contributed by atoms with Gasteiger partial charge in [0.25, 0.3) is 5.91 Å². The van der Waals surface area contributed by atoms with Gasteiger partial charge in [-0.2, -0.15) is 0 Å². The molecule has 3 aromatic rings. The van der Waals surface area contributed by atoms with Gasteiger partial charge < -0.3 is 10.2 Å². The highest BCUT2D eigenvalue weighted by Gasteiger charge is 2.26. The topological polar surface area (TPSA) is 58.1 Å². The Morgan fingerprint density at radius 3 is 2.73 bits per heavy atom. The van der Waals surface area contributed by atoms with Crippen LogP contribution in [0, 0.1) is 13.8 Å². The number of carbonyl (C=O) groups excluding carboxylic acids is 1. The van der Waals surface area contributed by atoms with Crippen molar-refractivity contribution in [1.82, 2.24) is 9.97 Å². The van der Waals surface area contributed by atoms with E-state index in [-0.39, 0.29) is 5.91 Å². The maximum absolute atomic E-state index is 13.0. The van der Waals surface area contributed by atoms with Gasteiger partial charge >= 0.3 is 0 Å². The summed E-state index contributed by atoms with van der Waals surface area (Å²) in [6.45, 7) is 4.59. The van der Waals surface area contributed by atoms with Gasteiger partial charge in [0, 0.05) is 23.6 Å². The van der Waals surface area contributed by atoms with Crippen LogP contribution in [-0.4, -0.2) is 22.4 Å². The average Bonchev–Trinajstić information content (AvgIpc) is 3.04. The van der Waals surface area contributed by atoms with Crippen LogP contribution in [0.4, 0.5) is 17.3 Å². The van der Waals surface area contributed by atoms with Crippen LogP contribution in [0.2, 0.25) is 0 Å². The maximum Gasteiger partial charge on any atom is 0.277 e. The fourth-order valence-electron chi connectivity index (χ4n) is 3.27. The molecule has 26 heavy (non-hydrogen) atoms. The normalized spacial score (nSPS) is 12.8. The molecule has 0 fully saturated rings. The van der Waals surface area contributed by atoms with Gasteiger partial charge in [0.05, 0.1) is 0 Å². The number of aryl methyl sites for hydroxylation is 2. The van der Waals surface area contributed by atoms with E-state index < -0.39 is 0 Å². The van der Waals surface area contributed by atoms with Crippen molar-refractivity contribution in [2.75, 3.05) is 16.8 Å². The van der Waals surface area contributed by atoms with Crippen LogP contribution >= 0.6 is 0 Å². The molecule has 5 heteroatoms. The first kappa shape index (κ1) is 16.3. The Morgan fingerprint density at radius 2 is 1.88 bits per heavy atom. The molecule has 1 N–H and O–H groups in total. The summed E-state index contributed by atoms with van der Waals surface area (Å²) >= 11 is 0. The maximum atomic E-state index is 13.0. The number of anilines is 3. The van der Waals surface area contributed by atoms with Crippen LogP contribution in [0.15, 0.2) is 54.6 Å². The highest BCUT2D eigenvalue weighted by molar-refractivity contribution is 6.06. The van der Waals surface area contributed by atoms with Gasteiger partial charge in [-0.15, -0.1) is 0 Å². The van der Waals surface area contributed by atoms with E-state index in [0.29, 0.717) is 18.2 Å². The average molecular weight is 344 g/mol. The number of aromatic nitrogens is 2. The number of nitrogens with zero attached hydrogens (tertiary/aromatic N) is 3. The molecule has 0 spiro atoms. The third-order valence-corrected chi connectivity index (χ3v) is 4.48. The van der Waals surface area contributed by atoms with Crippen molar-refractivity contribution < 1.29 is 4.79 Å². The first-order valence-corrected chi connectivity index (χ1v) is 8.69. The Bertz CT molecular complexity index is 983. The summed E-state index contributed by atoms with van der Waals surface area (Å²) in [5, 5.41) is 3.20. The summed E-state index contributed by atoms with van der Waals surface area (Å²) in [5.74, 6) is 0.346. The lowest BCUT2D eigenvalue weighted by molar-refractivity contribution is 0.0984. The lowest BCUT2D eigenvalue weighted by atomic mass is 10.2. The van der Waals surface area contributed by atoms with Crippen LogP contribution in [0.25, 0.3) is 0 Å². The largest absolute Gasteiger partial charge is 0.324 e. The van der Waals surface area contributed by atoms with E-state index in [4.69, 9.17) is 0 Å². The first-order chi connectivity index (χ1) is 12.6. The Labute approximate surface area is 152 Å². The highest BCUT2D eigenvalue weighted by Crippen LogP contribution is 2.28. The van der Waals surface area contributed by atoms with Crippen molar-refractivity contribution in [2.45, 2.75) is 20.3 Å². The monoisotopic (exact) mass is 344 g/mol. The van der Waals surface area contributed by atoms with Crippen molar-refractivity contribution in [3.8, 4) is 0 Å². The summed E-state index contributed by atoms with van der Waals surface area (Å²) in [6, 6.07) is 17.7. The van der Waals surface area contributed by atoms with Crippen molar-refractivity contribution in [3.05, 3.63) is 77.1 Å². The predicted molar refractivity (Wildman–Crippen MR) is 103 cm³/mol. The van der Waals surface area contributed by atoms with Crippen LogP contribution in [0.1, 0.15) is 27.3 Å². The number of benzene rings is 2. The molecule has 4 rings (SSSR count). The molecule has 2 aromatic carbocycles. The molecule has 2 heterocycles. The molecule has 0 saturated carbocycles. The third kappa shape index (κ3) is 3.16. The number of hydrogen-bond acceptors (Lipinski definition) is 4. The van der Waals surface area contributed by atoms with Crippen LogP contribution in [0.5, 0.6) is 0 Å². The van der Waals surface area contributed by atoms with Crippen LogP contribution in [0.3, 0.4) is 0 Å². The molecule has 1 amide bonds. The van der Waals surface area contributed by atoms with Crippen molar-refractivity contribution in [1.29, 1.82) is 0 Å². The zero-order valence-electron chi connectivity index (χ0n) is 14.9. The number of rotatable bonds is 3. The SMILES string of the molecule is Cc1cccc(Nc2nc(C)cc(C(=O)N3CCc4ccccc43)n2)c1. The van der Waals surface area contributed by atoms with E-state index in [1.54, 1.807) is 11.0 Å². The van der Waals surface area contributed by atoms with Gasteiger partial charge in [0.1, 0.15) is 5.69 Å². The number of nitrogens with one attached hydrogen (secondary N) is 1. The fourth-order valence-corrected chi connectivity index (χ4v) is 3.27. The minimum Gasteiger partial charge on any atom is -0.324 e. The number of fused-ring (bicyclic) bond motifs is 1. The van der Waals surface area contributed by atoms with Gasteiger partial charge in [0.2, 0.25) is 5.95 Å². The van der Waals surface area contributed by atoms with Gasteiger partial charge in [0.15, 0.2) is 0 Å². The molecule has 130 valence electrons. The number of hydrogen-bond donors (Lipinski definition) is 1. The standard InChI is InChI=1S/C21H20N4O/c1-14-6-5-8-17(12-14)23-21-22-15(2)13-18(24-21)20(26)25-11-10-16-7-3-4-9-19(16)25/h3-9,12-13H,10-11H2,1-2H3,(H,22,23,24). The van der Waals surface area contributed by atoms with Crippen LogP contribution < -0.4 is 10.2 Å². The third-order valence-electron chi connectivity index (χ3n) is 4.48. The van der Waals surface area contributed by atoms with Crippen molar-refractivity contribution >= 4 is 23.2 Å². The first-order valence-electron chi connectivity index (χ1n) is 8.69. The minimum absolute atomic E-state index is 0.0901. The van der Waals surface area contributed by atoms with Gasteiger partial charge in [-0.25, -0.2) is 9.97 Å². The molecule has 1 aliphatic heterocycles. The second-order valence-electron chi connectivity index (χ2n) is 6.55. The molecule has 0 atom stereocenters. The van der Waals surface area contributed by atoms with E-state index in [2.05, 4.69) is 21.4 Å². The van der Waals surface area contributed by atoms with E-state index in [1.165, 1.54) is 5.56 Å². The molecule has 0 saturated heterocycles. The lowest BCUT2D eigenvalue weighted by Crippen LogP contribution is -2.30. The molecule has 1 aliphatic rings. The smallest absolute Gasteiger partial charge is 0.277 e. The molecular formula is C21H20N4O. The second kappa shape index (κ2) is 6.59. The highest BCUT2D eigenvalue weighted by atomic mass is 16.2. The summed E-state index contributed by atoms with van der Waals surface area (Å²) < 4.78 is 0. The zero-order chi connectivity index (χ0) is 18.1. The number of para-hydroxylation sites is 1. The van der Waals surface area contributed by atoms with Gasteiger partial charge in [-0.05, 0) is 55.7 Å². The molecular weight excluding hydrogens is 324 g/mol. The van der Waals surface area contributed by atoms with E-state index in [1.807, 2.05) is 56.3 Å². The van der Waals surface area contributed by atoms with Gasteiger partial charge in [-0.3, -0.25) is 4.79 Å². The van der Waals surface area contributed by atoms with Crippen molar-refractivity contribution in [3.63, 3.8) is 0 Å². The molecule has 0 bridgehead atoms. The molecule has 5 nitrogen and oxygen atoms in total. The van der Waals surface area contributed by atoms with E-state index >= 15 is 0 Å². The summed E-state index contributed by atoms with van der Waals surface area (Å²) in [5.41, 5.74) is 5.38. The Morgan fingerprint density at radius 1 is 1.04 bits per heavy atom. The number of carbonyl (C=O) groups is 1. The zero-order valence-corrected chi connectivity index (χ0v) is 14.9.